The maximum Gasteiger partial charge on any atom is 0.152 e. The molecule has 1 nitrogen and oxygen atoms in total. The number of thioether (sulfide) groups is 1. The Hall–Kier alpha value is -0.960. The number of hydrogen-bond donors (Lipinski definition) is 0. The summed E-state index contributed by atoms with van der Waals surface area (Å²) in [6.07, 6.45) is 0.798. The second kappa shape index (κ2) is 6.28. The van der Waals surface area contributed by atoms with Gasteiger partial charge in [0.1, 0.15) is 0 Å². The van der Waals surface area contributed by atoms with E-state index in [0.29, 0.717) is 10.6 Å². The summed E-state index contributed by atoms with van der Waals surface area (Å²) in [6.45, 7) is 0. The number of benzene rings is 2. The first-order valence-electron chi connectivity index (χ1n) is 5.31. The van der Waals surface area contributed by atoms with Gasteiger partial charge in [-0.15, -0.1) is 11.8 Å². The first-order valence-corrected chi connectivity index (χ1v) is 7.06. The van der Waals surface area contributed by atoms with Crippen molar-refractivity contribution >= 4 is 41.2 Å². The number of aldehydes is 1. The molecule has 0 aliphatic heterocycles. The lowest BCUT2D eigenvalue weighted by molar-refractivity contribution is 0.112. The zero-order chi connectivity index (χ0) is 13.0. The van der Waals surface area contributed by atoms with Crippen LogP contribution in [0.4, 0.5) is 0 Å². The van der Waals surface area contributed by atoms with Gasteiger partial charge < -0.3 is 0 Å². The third kappa shape index (κ3) is 3.29. The molecule has 0 radical (unpaired) electrons. The van der Waals surface area contributed by atoms with Gasteiger partial charge in [-0.1, -0.05) is 41.4 Å². The van der Waals surface area contributed by atoms with E-state index in [1.807, 2.05) is 36.4 Å². The van der Waals surface area contributed by atoms with E-state index >= 15 is 0 Å². The van der Waals surface area contributed by atoms with Gasteiger partial charge in [-0.2, -0.15) is 0 Å². The molecule has 0 spiro atoms. The molecule has 0 saturated carbocycles. The van der Waals surface area contributed by atoms with E-state index in [9.17, 15) is 4.79 Å². The highest BCUT2D eigenvalue weighted by Gasteiger charge is 2.06. The second-order valence-electron chi connectivity index (χ2n) is 3.68. The van der Waals surface area contributed by atoms with Crippen LogP contribution in [0.25, 0.3) is 0 Å². The fraction of sp³-hybridized carbons (Fsp3) is 0.0714. The van der Waals surface area contributed by atoms with Crippen LogP contribution in [-0.2, 0) is 5.75 Å². The van der Waals surface area contributed by atoms with Crippen molar-refractivity contribution in [3.63, 3.8) is 0 Å². The molecule has 0 saturated heterocycles. The average molecular weight is 297 g/mol. The highest BCUT2D eigenvalue weighted by Crippen LogP contribution is 2.29. The molecule has 0 atom stereocenters. The van der Waals surface area contributed by atoms with Gasteiger partial charge in [0.15, 0.2) is 6.29 Å². The predicted molar refractivity (Wildman–Crippen MR) is 77.9 cm³/mol. The SMILES string of the molecule is O=Cc1c(Cl)cccc1SCc1ccc(Cl)cc1. The summed E-state index contributed by atoms with van der Waals surface area (Å²) in [5.41, 5.74) is 1.71. The lowest BCUT2D eigenvalue weighted by Crippen LogP contribution is -1.88. The zero-order valence-electron chi connectivity index (χ0n) is 9.40. The molecule has 0 aliphatic carbocycles. The quantitative estimate of drug-likeness (QED) is 0.577. The van der Waals surface area contributed by atoms with Gasteiger partial charge in [0.05, 0.1) is 5.02 Å². The van der Waals surface area contributed by atoms with Crippen LogP contribution in [0.2, 0.25) is 10.0 Å². The van der Waals surface area contributed by atoms with Crippen molar-refractivity contribution < 1.29 is 4.79 Å². The Balaban J connectivity index is 2.13. The van der Waals surface area contributed by atoms with E-state index in [1.165, 1.54) is 0 Å². The Labute approximate surface area is 120 Å². The first kappa shape index (κ1) is 13.5. The number of hydrogen-bond acceptors (Lipinski definition) is 2. The first-order chi connectivity index (χ1) is 8.70. The Kier molecular flexibility index (Phi) is 4.70. The van der Waals surface area contributed by atoms with Crippen molar-refractivity contribution in [2.75, 3.05) is 0 Å². The summed E-state index contributed by atoms with van der Waals surface area (Å²) in [7, 11) is 0. The summed E-state index contributed by atoms with van der Waals surface area (Å²) in [4.78, 5) is 11.9. The van der Waals surface area contributed by atoms with Crippen molar-refractivity contribution in [3.05, 3.63) is 63.6 Å². The van der Waals surface area contributed by atoms with E-state index in [4.69, 9.17) is 23.2 Å². The van der Waals surface area contributed by atoms with Gasteiger partial charge in [-0.05, 0) is 29.8 Å². The molecule has 0 N–H and O–H groups in total. The number of carbonyl (C=O) groups is 1. The predicted octanol–water partition coefficient (Wildman–Crippen LogP) is 5.10. The molecule has 0 amide bonds. The molecule has 0 heterocycles. The largest absolute Gasteiger partial charge is 0.298 e. The molecule has 0 aromatic heterocycles. The Morgan fingerprint density at radius 1 is 1.06 bits per heavy atom. The third-order valence-electron chi connectivity index (χ3n) is 2.44. The molecule has 2 aromatic rings. The molecular weight excluding hydrogens is 287 g/mol. The van der Waals surface area contributed by atoms with Gasteiger partial charge in [-0.25, -0.2) is 0 Å². The van der Waals surface area contributed by atoms with Gasteiger partial charge in [0, 0.05) is 21.2 Å². The van der Waals surface area contributed by atoms with Crippen LogP contribution in [0.1, 0.15) is 15.9 Å². The molecule has 18 heavy (non-hydrogen) atoms. The monoisotopic (exact) mass is 296 g/mol. The fourth-order valence-corrected chi connectivity index (χ4v) is 2.90. The fourth-order valence-electron chi connectivity index (χ4n) is 1.50. The van der Waals surface area contributed by atoms with E-state index in [-0.39, 0.29) is 0 Å². The lowest BCUT2D eigenvalue weighted by atomic mass is 10.2. The molecule has 2 aromatic carbocycles. The molecule has 0 bridgehead atoms. The molecule has 0 unspecified atom stereocenters. The van der Waals surface area contributed by atoms with Crippen molar-refractivity contribution in [3.8, 4) is 0 Å². The Bertz CT molecular complexity index is 552. The molecule has 2 rings (SSSR count). The van der Waals surface area contributed by atoms with E-state index in [0.717, 1.165) is 27.5 Å². The van der Waals surface area contributed by atoms with Crippen molar-refractivity contribution in [1.82, 2.24) is 0 Å². The van der Waals surface area contributed by atoms with Crippen molar-refractivity contribution in [2.45, 2.75) is 10.6 Å². The molecule has 0 aliphatic rings. The normalized spacial score (nSPS) is 10.3. The average Bonchev–Trinajstić information content (AvgIpc) is 2.38. The summed E-state index contributed by atoms with van der Waals surface area (Å²) < 4.78 is 0. The Morgan fingerprint density at radius 3 is 2.44 bits per heavy atom. The molecule has 92 valence electrons. The third-order valence-corrected chi connectivity index (χ3v) is 4.16. The van der Waals surface area contributed by atoms with Crippen LogP contribution in [0.5, 0.6) is 0 Å². The minimum atomic E-state index is 0.492. The molecular formula is C14H10Cl2OS. The minimum absolute atomic E-state index is 0.492. The minimum Gasteiger partial charge on any atom is -0.298 e. The van der Waals surface area contributed by atoms with Crippen molar-refractivity contribution in [1.29, 1.82) is 0 Å². The molecule has 4 heteroatoms. The van der Waals surface area contributed by atoms with Gasteiger partial charge in [0.2, 0.25) is 0 Å². The van der Waals surface area contributed by atoms with E-state index in [2.05, 4.69) is 0 Å². The maximum atomic E-state index is 11.0. The second-order valence-corrected chi connectivity index (χ2v) is 5.55. The van der Waals surface area contributed by atoms with E-state index < -0.39 is 0 Å². The van der Waals surface area contributed by atoms with Crippen LogP contribution < -0.4 is 0 Å². The highest BCUT2D eigenvalue weighted by atomic mass is 35.5. The standard InChI is InChI=1S/C14H10Cl2OS/c15-11-6-4-10(5-7-11)9-18-14-3-1-2-13(16)12(14)8-17/h1-8H,9H2. The smallest absolute Gasteiger partial charge is 0.152 e. The highest BCUT2D eigenvalue weighted by molar-refractivity contribution is 7.98. The van der Waals surface area contributed by atoms with Gasteiger partial charge >= 0.3 is 0 Å². The Morgan fingerprint density at radius 2 is 1.78 bits per heavy atom. The van der Waals surface area contributed by atoms with Crippen LogP contribution in [0.15, 0.2) is 47.4 Å². The maximum absolute atomic E-state index is 11.0. The van der Waals surface area contributed by atoms with Crippen LogP contribution in [-0.4, -0.2) is 6.29 Å². The van der Waals surface area contributed by atoms with Gasteiger partial charge in [0.25, 0.3) is 0 Å². The zero-order valence-corrected chi connectivity index (χ0v) is 11.7. The van der Waals surface area contributed by atoms with E-state index in [1.54, 1.807) is 17.8 Å². The van der Waals surface area contributed by atoms with Crippen LogP contribution in [0.3, 0.4) is 0 Å². The summed E-state index contributed by atoms with van der Waals surface area (Å²) in [6, 6.07) is 13.1. The molecule has 0 fully saturated rings. The van der Waals surface area contributed by atoms with Crippen molar-refractivity contribution in [2.24, 2.45) is 0 Å². The summed E-state index contributed by atoms with van der Waals surface area (Å²) in [5, 5.41) is 1.21. The summed E-state index contributed by atoms with van der Waals surface area (Å²) >= 11 is 13.4. The number of rotatable bonds is 4. The van der Waals surface area contributed by atoms with Crippen LogP contribution >= 0.6 is 35.0 Å². The topological polar surface area (TPSA) is 17.1 Å². The summed E-state index contributed by atoms with van der Waals surface area (Å²) in [5.74, 6) is 0.776. The number of halogens is 2. The van der Waals surface area contributed by atoms with Crippen LogP contribution in [0, 0.1) is 0 Å². The van der Waals surface area contributed by atoms with Gasteiger partial charge in [-0.3, -0.25) is 4.79 Å². The lowest BCUT2D eigenvalue weighted by Gasteiger charge is -2.06. The number of carbonyl (C=O) groups excluding carboxylic acids is 1.